The first kappa shape index (κ1) is 20.7. The van der Waals surface area contributed by atoms with Crippen LogP contribution < -0.4 is 22.1 Å². The molecule has 1 atom stereocenters. The van der Waals surface area contributed by atoms with Gasteiger partial charge in [0.2, 0.25) is 5.91 Å². The summed E-state index contributed by atoms with van der Waals surface area (Å²) in [5.41, 5.74) is 11.1. The first-order chi connectivity index (χ1) is 10.2. The van der Waals surface area contributed by atoms with Gasteiger partial charge in [-0.3, -0.25) is 4.79 Å². The first-order valence-electron chi connectivity index (χ1n) is 8.29. The van der Waals surface area contributed by atoms with Crippen molar-refractivity contribution in [1.29, 1.82) is 0 Å². The van der Waals surface area contributed by atoms with Crippen LogP contribution in [0.2, 0.25) is 0 Å². The van der Waals surface area contributed by atoms with Crippen LogP contribution in [0, 0.1) is 5.41 Å². The van der Waals surface area contributed by atoms with E-state index >= 15 is 0 Å². The number of hydrogen-bond donors (Lipinski definition) is 4. The van der Waals surface area contributed by atoms with Crippen molar-refractivity contribution in [3.05, 3.63) is 0 Å². The number of carbonyl (C=O) groups is 2. The van der Waals surface area contributed by atoms with Crippen molar-refractivity contribution in [2.75, 3.05) is 13.1 Å². The molecule has 0 aromatic rings. The van der Waals surface area contributed by atoms with Gasteiger partial charge in [-0.15, -0.1) is 0 Å². The molecule has 0 aromatic heterocycles. The van der Waals surface area contributed by atoms with Gasteiger partial charge >= 0.3 is 6.03 Å². The maximum atomic E-state index is 11.7. The van der Waals surface area contributed by atoms with E-state index in [0.29, 0.717) is 31.3 Å². The second-order valence-electron chi connectivity index (χ2n) is 7.06. The SMILES string of the molecule is CC(C)(C)CCCCCCNC(=O)C(N)CCCNC(N)=O. The Morgan fingerprint density at radius 2 is 1.55 bits per heavy atom. The van der Waals surface area contributed by atoms with Gasteiger partial charge in [-0.05, 0) is 31.1 Å². The summed E-state index contributed by atoms with van der Waals surface area (Å²) in [6.07, 6.45) is 6.99. The van der Waals surface area contributed by atoms with Gasteiger partial charge in [0.05, 0.1) is 6.04 Å². The van der Waals surface area contributed by atoms with Gasteiger partial charge in [-0.2, -0.15) is 0 Å². The molecule has 22 heavy (non-hydrogen) atoms. The second-order valence-corrected chi connectivity index (χ2v) is 7.06. The molecule has 3 amide bonds. The molecule has 0 aliphatic carbocycles. The average Bonchev–Trinajstić information content (AvgIpc) is 2.40. The summed E-state index contributed by atoms with van der Waals surface area (Å²) >= 11 is 0. The molecule has 6 heteroatoms. The van der Waals surface area contributed by atoms with E-state index in [0.717, 1.165) is 12.8 Å². The van der Waals surface area contributed by atoms with Crippen LogP contribution in [0.5, 0.6) is 0 Å². The van der Waals surface area contributed by atoms with E-state index < -0.39 is 12.1 Å². The molecule has 0 aliphatic heterocycles. The smallest absolute Gasteiger partial charge is 0.312 e. The molecule has 6 N–H and O–H groups in total. The summed E-state index contributed by atoms with van der Waals surface area (Å²) in [6.45, 7) is 7.90. The molecular formula is C16H34N4O2. The number of amides is 3. The van der Waals surface area contributed by atoms with E-state index in [2.05, 4.69) is 31.4 Å². The third-order valence-electron chi connectivity index (χ3n) is 3.48. The van der Waals surface area contributed by atoms with Crippen LogP contribution in [0.15, 0.2) is 0 Å². The monoisotopic (exact) mass is 314 g/mol. The van der Waals surface area contributed by atoms with Crippen molar-refractivity contribution in [2.45, 2.75) is 71.8 Å². The molecule has 0 saturated heterocycles. The lowest BCUT2D eigenvalue weighted by Gasteiger charge is -2.17. The fraction of sp³-hybridized carbons (Fsp3) is 0.875. The zero-order chi connectivity index (χ0) is 17.0. The summed E-state index contributed by atoms with van der Waals surface area (Å²) < 4.78 is 0. The third kappa shape index (κ3) is 13.7. The highest BCUT2D eigenvalue weighted by atomic mass is 16.2. The minimum absolute atomic E-state index is 0.117. The Morgan fingerprint density at radius 1 is 0.955 bits per heavy atom. The van der Waals surface area contributed by atoms with Crippen LogP contribution in [0.4, 0.5) is 4.79 Å². The molecule has 0 heterocycles. The zero-order valence-electron chi connectivity index (χ0n) is 14.4. The molecule has 130 valence electrons. The number of hydrogen-bond acceptors (Lipinski definition) is 3. The lowest BCUT2D eigenvalue weighted by atomic mass is 9.89. The summed E-state index contributed by atoms with van der Waals surface area (Å²) in [4.78, 5) is 22.2. The van der Waals surface area contributed by atoms with Crippen molar-refractivity contribution >= 4 is 11.9 Å². The number of nitrogens with two attached hydrogens (primary N) is 2. The Hall–Kier alpha value is -1.30. The van der Waals surface area contributed by atoms with Crippen LogP contribution in [0.3, 0.4) is 0 Å². The van der Waals surface area contributed by atoms with Gasteiger partial charge in [0, 0.05) is 13.1 Å². The number of rotatable bonds is 11. The Balaban J connectivity index is 3.50. The van der Waals surface area contributed by atoms with E-state index in [4.69, 9.17) is 11.5 Å². The Labute approximate surface area is 134 Å². The van der Waals surface area contributed by atoms with E-state index in [-0.39, 0.29) is 5.91 Å². The molecule has 0 rings (SSSR count). The fourth-order valence-corrected chi connectivity index (χ4v) is 2.14. The number of urea groups is 1. The summed E-state index contributed by atoms with van der Waals surface area (Å²) in [6, 6.07) is -1.07. The largest absolute Gasteiger partial charge is 0.355 e. The molecular weight excluding hydrogens is 280 g/mol. The van der Waals surface area contributed by atoms with Crippen LogP contribution >= 0.6 is 0 Å². The van der Waals surface area contributed by atoms with Gasteiger partial charge in [-0.25, -0.2) is 4.79 Å². The standard InChI is InChI=1S/C16H34N4O2/c1-16(2,3)10-6-4-5-7-11-19-14(21)13(17)9-8-12-20-15(18)22/h13H,4-12,17H2,1-3H3,(H,19,21)(H3,18,20,22). The van der Waals surface area contributed by atoms with Gasteiger partial charge < -0.3 is 22.1 Å². The van der Waals surface area contributed by atoms with Gasteiger partial charge in [0.15, 0.2) is 0 Å². The Kier molecular flexibility index (Phi) is 10.6. The van der Waals surface area contributed by atoms with E-state index in [1.165, 1.54) is 19.3 Å². The average molecular weight is 314 g/mol. The zero-order valence-corrected chi connectivity index (χ0v) is 14.4. The molecule has 6 nitrogen and oxygen atoms in total. The van der Waals surface area contributed by atoms with Crippen LogP contribution in [-0.4, -0.2) is 31.1 Å². The van der Waals surface area contributed by atoms with Crippen molar-refractivity contribution in [2.24, 2.45) is 16.9 Å². The quantitative estimate of drug-likeness (QED) is 0.437. The second kappa shape index (κ2) is 11.3. The lowest BCUT2D eigenvalue weighted by molar-refractivity contribution is -0.122. The number of carbonyl (C=O) groups excluding carboxylic acids is 2. The fourth-order valence-electron chi connectivity index (χ4n) is 2.14. The highest BCUT2D eigenvalue weighted by molar-refractivity contribution is 5.81. The maximum absolute atomic E-state index is 11.7. The van der Waals surface area contributed by atoms with E-state index in [9.17, 15) is 9.59 Å². The molecule has 0 radical (unpaired) electrons. The minimum atomic E-state index is -0.551. The van der Waals surface area contributed by atoms with Crippen molar-refractivity contribution in [1.82, 2.24) is 10.6 Å². The van der Waals surface area contributed by atoms with Crippen LogP contribution in [-0.2, 0) is 4.79 Å². The Bertz CT molecular complexity index is 327. The number of primary amides is 1. The molecule has 1 unspecified atom stereocenters. The van der Waals surface area contributed by atoms with Crippen molar-refractivity contribution in [3.63, 3.8) is 0 Å². The first-order valence-corrected chi connectivity index (χ1v) is 8.29. The highest BCUT2D eigenvalue weighted by Gasteiger charge is 2.12. The summed E-state index contributed by atoms with van der Waals surface area (Å²) in [5, 5.41) is 5.34. The van der Waals surface area contributed by atoms with Crippen LogP contribution in [0.25, 0.3) is 0 Å². The van der Waals surface area contributed by atoms with Crippen molar-refractivity contribution < 1.29 is 9.59 Å². The topological polar surface area (TPSA) is 110 Å². The van der Waals surface area contributed by atoms with Gasteiger partial charge in [0.1, 0.15) is 0 Å². The van der Waals surface area contributed by atoms with E-state index in [1.54, 1.807) is 0 Å². The Morgan fingerprint density at radius 3 is 2.14 bits per heavy atom. The van der Waals surface area contributed by atoms with Gasteiger partial charge in [-0.1, -0.05) is 40.0 Å². The summed E-state index contributed by atoms with van der Waals surface area (Å²) in [7, 11) is 0. The number of unbranched alkanes of at least 4 members (excludes halogenated alkanes) is 3. The molecule has 0 bridgehead atoms. The van der Waals surface area contributed by atoms with Crippen molar-refractivity contribution in [3.8, 4) is 0 Å². The third-order valence-corrected chi connectivity index (χ3v) is 3.48. The molecule has 0 fully saturated rings. The summed E-state index contributed by atoms with van der Waals surface area (Å²) in [5.74, 6) is -0.117. The minimum Gasteiger partial charge on any atom is -0.355 e. The molecule has 0 spiro atoms. The van der Waals surface area contributed by atoms with Gasteiger partial charge in [0.25, 0.3) is 0 Å². The number of nitrogens with one attached hydrogen (secondary N) is 2. The highest BCUT2D eigenvalue weighted by Crippen LogP contribution is 2.22. The lowest BCUT2D eigenvalue weighted by Crippen LogP contribution is -2.41. The predicted molar refractivity (Wildman–Crippen MR) is 90.3 cm³/mol. The van der Waals surface area contributed by atoms with Crippen LogP contribution in [0.1, 0.15) is 65.7 Å². The molecule has 0 aromatic carbocycles. The van der Waals surface area contributed by atoms with E-state index in [1.807, 2.05) is 0 Å². The normalized spacial score (nSPS) is 12.7. The maximum Gasteiger partial charge on any atom is 0.312 e. The molecule has 0 saturated carbocycles. The molecule has 0 aliphatic rings. The predicted octanol–water partition coefficient (Wildman–Crippen LogP) is 1.88.